The van der Waals surface area contributed by atoms with Crippen molar-refractivity contribution in [3.05, 3.63) is 57.8 Å². The van der Waals surface area contributed by atoms with Crippen LogP contribution in [0.5, 0.6) is 0 Å². The summed E-state index contributed by atoms with van der Waals surface area (Å²) in [6.45, 7) is 2.47. The largest absolute Gasteiger partial charge is 0.396 e. The summed E-state index contributed by atoms with van der Waals surface area (Å²) in [5.74, 6) is -0.223. The number of amides is 2. The normalized spacial score (nSPS) is 11.8. The smallest absolute Gasteiger partial charge is 0.261 e. The maximum absolute atomic E-state index is 12.1. The molecule has 24 heavy (non-hydrogen) atoms. The molecule has 0 spiro atoms. The number of aliphatic hydroxyl groups is 1. The number of hydrogen-bond donors (Lipinski definition) is 3. The summed E-state index contributed by atoms with van der Waals surface area (Å²) in [4.78, 5) is 24.7. The minimum Gasteiger partial charge on any atom is -0.396 e. The van der Waals surface area contributed by atoms with E-state index in [-0.39, 0.29) is 24.5 Å². The number of carbonyl (C=O) groups is 2. The molecule has 0 aliphatic carbocycles. The van der Waals surface area contributed by atoms with Gasteiger partial charge in [-0.2, -0.15) is 0 Å². The number of rotatable bonds is 8. The molecular formula is C18H22N2O3S. The molecule has 128 valence electrons. The molecule has 2 amide bonds. The van der Waals surface area contributed by atoms with E-state index in [2.05, 4.69) is 10.6 Å². The standard InChI is InChI=1S/C18H22N2O3S/c1-13(4-2-10-21)20-17(22)15-8-6-14(7-9-15)12-19-18(23)16-5-3-11-24-16/h3,5-9,11,13,21H,2,4,10,12H2,1H3,(H,19,23)(H,20,22). The molecule has 3 N–H and O–H groups in total. The summed E-state index contributed by atoms with van der Waals surface area (Å²) in [5, 5.41) is 16.4. The second-order valence-electron chi connectivity index (χ2n) is 5.60. The van der Waals surface area contributed by atoms with Gasteiger partial charge in [0.05, 0.1) is 4.88 Å². The van der Waals surface area contributed by atoms with Crippen molar-refractivity contribution in [2.75, 3.05) is 6.61 Å². The molecule has 1 aromatic heterocycles. The number of thiophene rings is 1. The van der Waals surface area contributed by atoms with Gasteiger partial charge in [-0.25, -0.2) is 0 Å². The molecule has 1 atom stereocenters. The summed E-state index contributed by atoms with van der Waals surface area (Å²) in [7, 11) is 0. The zero-order valence-corrected chi connectivity index (χ0v) is 14.4. The Morgan fingerprint density at radius 3 is 2.54 bits per heavy atom. The van der Waals surface area contributed by atoms with Gasteiger partial charge in [0.25, 0.3) is 11.8 Å². The summed E-state index contributed by atoms with van der Waals surface area (Å²) in [6.07, 6.45) is 1.42. The Morgan fingerprint density at radius 1 is 1.17 bits per heavy atom. The Labute approximate surface area is 145 Å². The molecule has 1 aromatic carbocycles. The van der Waals surface area contributed by atoms with Crippen LogP contribution in [0, 0.1) is 0 Å². The fourth-order valence-corrected chi connectivity index (χ4v) is 2.87. The molecule has 1 heterocycles. The summed E-state index contributed by atoms with van der Waals surface area (Å²) < 4.78 is 0. The molecule has 0 radical (unpaired) electrons. The fourth-order valence-electron chi connectivity index (χ4n) is 2.23. The first-order valence-electron chi connectivity index (χ1n) is 7.92. The first-order valence-corrected chi connectivity index (χ1v) is 8.80. The van der Waals surface area contributed by atoms with E-state index in [0.29, 0.717) is 23.4 Å². The maximum atomic E-state index is 12.1. The molecule has 0 aliphatic heterocycles. The van der Waals surface area contributed by atoms with Crippen molar-refractivity contribution in [2.45, 2.75) is 32.4 Å². The molecule has 0 fully saturated rings. The number of carbonyl (C=O) groups excluding carboxylic acids is 2. The van der Waals surface area contributed by atoms with Crippen LogP contribution in [-0.4, -0.2) is 29.6 Å². The van der Waals surface area contributed by atoms with Crippen molar-refractivity contribution < 1.29 is 14.7 Å². The van der Waals surface area contributed by atoms with Crippen LogP contribution in [0.2, 0.25) is 0 Å². The second-order valence-corrected chi connectivity index (χ2v) is 6.54. The predicted molar refractivity (Wildman–Crippen MR) is 95.2 cm³/mol. The topological polar surface area (TPSA) is 78.4 Å². The van der Waals surface area contributed by atoms with Crippen LogP contribution in [0.25, 0.3) is 0 Å². The first-order chi connectivity index (χ1) is 11.6. The third-order valence-corrected chi connectivity index (χ3v) is 4.46. The van der Waals surface area contributed by atoms with E-state index >= 15 is 0 Å². The fraction of sp³-hybridized carbons (Fsp3) is 0.333. The van der Waals surface area contributed by atoms with Crippen LogP contribution in [0.3, 0.4) is 0 Å². The third-order valence-electron chi connectivity index (χ3n) is 3.59. The number of hydrogen-bond acceptors (Lipinski definition) is 4. The minimum atomic E-state index is -0.130. The predicted octanol–water partition coefficient (Wildman–Crippen LogP) is 2.57. The SMILES string of the molecule is CC(CCCO)NC(=O)c1ccc(CNC(=O)c2cccs2)cc1. The minimum absolute atomic E-state index is 0.0226. The number of nitrogens with one attached hydrogen (secondary N) is 2. The quantitative estimate of drug-likeness (QED) is 0.687. The highest BCUT2D eigenvalue weighted by Gasteiger charge is 2.10. The van der Waals surface area contributed by atoms with Crippen LogP contribution >= 0.6 is 11.3 Å². The van der Waals surface area contributed by atoms with Gasteiger partial charge in [-0.3, -0.25) is 9.59 Å². The van der Waals surface area contributed by atoms with Crippen LogP contribution in [0.4, 0.5) is 0 Å². The molecule has 6 heteroatoms. The van der Waals surface area contributed by atoms with Gasteiger partial charge in [0.15, 0.2) is 0 Å². The van der Waals surface area contributed by atoms with Gasteiger partial charge in [-0.15, -0.1) is 11.3 Å². The van der Waals surface area contributed by atoms with Crippen molar-refractivity contribution in [2.24, 2.45) is 0 Å². The van der Waals surface area contributed by atoms with Gasteiger partial charge in [0.1, 0.15) is 0 Å². The van der Waals surface area contributed by atoms with E-state index in [1.807, 2.05) is 30.5 Å². The van der Waals surface area contributed by atoms with E-state index in [1.54, 1.807) is 18.2 Å². The van der Waals surface area contributed by atoms with E-state index < -0.39 is 0 Å². The molecule has 0 bridgehead atoms. The van der Waals surface area contributed by atoms with Crippen molar-refractivity contribution in [1.29, 1.82) is 0 Å². The molecule has 2 aromatic rings. The van der Waals surface area contributed by atoms with Crippen molar-refractivity contribution in [1.82, 2.24) is 10.6 Å². The van der Waals surface area contributed by atoms with Crippen molar-refractivity contribution in [3.8, 4) is 0 Å². The van der Waals surface area contributed by atoms with Crippen LogP contribution in [-0.2, 0) is 6.54 Å². The lowest BCUT2D eigenvalue weighted by atomic mass is 10.1. The van der Waals surface area contributed by atoms with Crippen molar-refractivity contribution in [3.63, 3.8) is 0 Å². The molecule has 0 saturated carbocycles. The van der Waals surface area contributed by atoms with Crippen LogP contribution < -0.4 is 10.6 Å². The van der Waals surface area contributed by atoms with Gasteiger partial charge in [-0.1, -0.05) is 18.2 Å². The zero-order valence-electron chi connectivity index (χ0n) is 13.6. The van der Waals surface area contributed by atoms with Gasteiger partial charge in [-0.05, 0) is 48.9 Å². The lowest BCUT2D eigenvalue weighted by molar-refractivity contribution is 0.0932. The van der Waals surface area contributed by atoms with Gasteiger partial charge >= 0.3 is 0 Å². The number of benzene rings is 1. The highest BCUT2D eigenvalue weighted by Crippen LogP contribution is 2.09. The molecule has 0 saturated heterocycles. The van der Waals surface area contributed by atoms with E-state index in [1.165, 1.54) is 11.3 Å². The monoisotopic (exact) mass is 346 g/mol. The molecule has 2 rings (SSSR count). The summed E-state index contributed by atoms with van der Waals surface area (Å²) in [6, 6.07) is 10.8. The maximum Gasteiger partial charge on any atom is 0.261 e. The van der Waals surface area contributed by atoms with E-state index in [0.717, 1.165) is 12.0 Å². The van der Waals surface area contributed by atoms with Crippen molar-refractivity contribution >= 4 is 23.2 Å². The summed E-state index contributed by atoms with van der Waals surface area (Å²) >= 11 is 1.40. The molecule has 5 nitrogen and oxygen atoms in total. The highest BCUT2D eigenvalue weighted by molar-refractivity contribution is 7.12. The first kappa shape index (κ1) is 18.2. The highest BCUT2D eigenvalue weighted by atomic mass is 32.1. The molecular weight excluding hydrogens is 324 g/mol. The van der Waals surface area contributed by atoms with Crippen LogP contribution in [0.15, 0.2) is 41.8 Å². The molecule has 1 unspecified atom stereocenters. The Bertz CT molecular complexity index is 653. The third kappa shape index (κ3) is 5.47. The van der Waals surface area contributed by atoms with Gasteiger partial charge in [0, 0.05) is 24.8 Å². The van der Waals surface area contributed by atoms with Gasteiger partial charge < -0.3 is 15.7 Å². The summed E-state index contributed by atoms with van der Waals surface area (Å²) in [5.41, 5.74) is 1.52. The van der Waals surface area contributed by atoms with E-state index in [4.69, 9.17) is 5.11 Å². The second kappa shape index (κ2) is 9.20. The number of aliphatic hydroxyl groups excluding tert-OH is 1. The Morgan fingerprint density at radius 2 is 1.92 bits per heavy atom. The Balaban J connectivity index is 1.83. The average Bonchev–Trinajstić information content (AvgIpc) is 3.13. The van der Waals surface area contributed by atoms with E-state index in [9.17, 15) is 9.59 Å². The van der Waals surface area contributed by atoms with Gasteiger partial charge in [0.2, 0.25) is 0 Å². The lowest BCUT2D eigenvalue weighted by Gasteiger charge is -2.13. The van der Waals surface area contributed by atoms with Crippen LogP contribution in [0.1, 0.15) is 45.4 Å². The average molecular weight is 346 g/mol. The molecule has 0 aliphatic rings. The zero-order chi connectivity index (χ0) is 17.4. The lowest BCUT2D eigenvalue weighted by Crippen LogP contribution is -2.32. The Kier molecular flexibility index (Phi) is 6.96. The Hall–Kier alpha value is -2.18.